The zero-order chi connectivity index (χ0) is 23.8. The Bertz CT molecular complexity index is 1190. The van der Waals surface area contributed by atoms with E-state index in [2.05, 4.69) is 15.3 Å². The molecule has 0 bridgehead atoms. The molecular formula is C20H18F3N7O3. The Morgan fingerprint density at radius 2 is 1.85 bits per heavy atom. The average molecular weight is 461 g/mol. The van der Waals surface area contributed by atoms with Crippen LogP contribution in [0, 0.1) is 17.0 Å². The van der Waals surface area contributed by atoms with E-state index in [-0.39, 0.29) is 17.3 Å². The highest BCUT2D eigenvalue weighted by Crippen LogP contribution is 2.29. The van der Waals surface area contributed by atoms with Crippen molar-refractivity contribution in [1.29, 1.82) is 0 Å². The van der Waals surface area contributed by atoms with Crippen LogP contribution in [-0.4, -0.2) is 61.9 Å². The van der Waals surface area contributed by atoms with Gasteiger partial charge in [-0.05, 0) is 25.1 Å². The Hall–Kier alpha value is -4.03. The third-order valence-electron chi connectivity index (χ3n) is 5.35. The Kier molecular flexibility index (Phi) is 5.70. The molecule has 0 unspecified atom stereocenters. The Balaban J connectivity index is 1.44. The fraction of sp³-hybridized carbons (Fsp3) is 0.300. The smallest absolute Gasteiger partial charge is 0.353 e. The maximum atomic E-state index is 13.0. The van der Waals surface area contributed by atoms with Crippen LogP contribution in [0.2, 0.25) is 0 Å². The first-order valence-corrected chi connectivity index (χ1v) is 9.90. The van der Waals surface area contributed by atoms with Gasteiger partial charge in [0.2, 0.25) is 0 Å². The minimum absolute atomic E-state index is 0.108. The maximum absolute atomic E-state index is 13.0. The van der Waals surface area contributed by atoms with Gasteiger partial charge in [-0.1, -0.05) is 11.3 Å². The van der Waals surface area contributed by atoms with Gasteiger partial charge in [-0.2, -0.15) is 13.2 Å². The number of rotatable bonds is 4. The molecule has 0 radical (unpaired) electrons. The van der Waals surface area contributed by atoms with Crippen molar-refractivity contribution in [1.82, 2.24) is 24.9 Å². The number of hydrogen-bond donors (Lipinski definition) is 0. The van der Waals surface area contributed by atoms with E-state index in [0.29, 0.717) is 43.4 Å². The number of nitrogens with zero attached hydrogens (tertiary/aromatic N) is 7. The lowest BCUT2D eigenvalue weighted by molar-refractivity contribution is -0.384. The van der Waals surface area contributed by atoms with Gasteiger partial charge in [0.25, 0.3) is 11.6 Å². The number of halogens is 3. The summed E-state index contributed by atoms with van der Waals surface area (Å²) in [6, 6.07) is 8.13. The molecule has 1 aliphatic rings. The second-order valence-corrected chi connectivity index (χ2v) is 7.39. The van der Waals surface area contributed by atoms with E-state index in [0.717, 1.165) is 12.3 Å². The number of non-ortho nitro benzene ring substituents is 1. The van der Waals surface area contributed by atoms with Crippen LogP contribution in [0.1, 0.15) is 21.7 Å². The van der Waals surface area contributed by atoms with Gasteiger partial charge in [-0.25, -0.2) is 9.67 Å². The summed E-state index contributed by atoms with van der Waals surface area (Å²) in [5.41, 5.74) is 0.0482. The van der Waals surface area contributed by atoms with E-state index in [4.69, 9.17) is 0 Å². The SMILES string of the molecule is Cc1c(C(=O)N2CCN(c3ccc(C(F)(F)F)cn3)CC2)nnn1-c1cccc([N+](=O)[O-])c1. The molecule has 13 heteroatoms. The molecule has 0 spiro atoms. The van der Waals surface area contributed by atoms with Crippen molar-refractivity contribution in [2.75, 3.05) is 31.1 Å². The van der Waals surface area contributed by atoms with Gasteiger partial charge in [0.05, 0.1) is 21.9 Å². The van der Waals surface area contributed by atoms with Crippen molar-refractivity contribution >= 4 is 17.4 Å². The summed E-state index contributed by atoms with van der Waals surface area (Å²) in [5, 5.41) is 19.0. The molecule has 1 aromatic carbocycles. The number of anilines is 1. The summed E-state index contributed by atoms with van der Waals surface area (Å²) in [6.45, 7) is 3.08. The number of nitro benzene ring substituents is 1. The van der Waals surface area contributed by atoms with Gasteiger partial charge < -0.3 is 9.80 Å². The quantitative estimate of drug-likeness (QED) is 0.434. The zero-order valence-corrected chi connectivity index (χ0v) is 17.4. The van der Waals surface area contributed by atoms with E-state index in [9.17, 15) is 28.1 Å². The van der Waals surface area contributed by atoms with Crippen molar-refractivity contribution < 1.29 is 22.9 Å². The van der Waals surface area contributed by atoms with Crippen LogP contribution >= 0.6 is 0 Å². The van der Waals surface area contributed by atoms with Gasteiger partial charge in [-0.3, -0.25) is 14.9 Å². The number of pyridine rings is 1. The predicted octanol–water partition coefficient (Wildman–Crippen LogP) is 2.86. The highest BCUT2D eigenvalue weighted by atomic mass is 19.4. The average Bonchev–Trinajstić information content (AvgIpc) is 3.19. The van der Waals surface area contributed by atoms with Gasteiger partial charge in [-0.15, -0.1) is 5.10 Å². The summed E-state index contributed by atoms with van der Waals surface area (Å²) in [7, 11) is 0. The van der Waals surface area contributed by atoms with Crippen LogP contribution in [0.5, 0.6) is 0 Å². The van der Waals surface area contributed by atoms with E-state index in [1.54, 1.807) is 22.8 Å². The predicted molar refractivity (Wildman–Crippen MR) is 110 cm³/mol. The van der Waals surface area contributed by atoms with Crippen LogP contribution < -0.4 is 4.90 Å². The third kappa shape index (κ3) is 4.47. The molecule has 10 nitrogen and oxygen atoms in total. The van der Waals surface area contributed by atoms with Gasteiger partial charge >= 0.3 is 6.18 Å². The molecule has 1 aliphatic heterocycles. The van der Waals surface area contributed by atoms with Crippen LogP contribution in [0.15, 0.2) is 42.6 Å². The summed E-state index contributed by atoms with van der Waals surface area (Å²) in [6.07, 6.45) is -3.65. The summed E-state index contributed by atoms with van der Waals surface area (Å²) in [5.74, 6) is 0.0621. The summed E-state index contributed by atoms with van der Waals surface area (Å²) in [4.78, 5) is 30.8. The minimum Gasteiger partial charge on any atom is -0.353 e. The molecule has 3 heterocycles. The van der Waals surface area contributed by atoms with Crippen molar-refractivity contribution in [3.63, 3.8) is 0 Å². The largest absolute Gasteiger partial charge is 0.417 e. The van der Waals surface area contributed by atoms with Crippen LogP contribution in [0.4, 0.5) is 24.7 Å². The molecule has 33 heavy (non-hydrogen) atoms. The molecule has 4 rings (SSSR count). The topological polar surface area (TPSA) is 110 Å². The molecular weight excluding hydrogens is 443 g/mol. The van der Waals surface area contributed by atoms with E-state index >= 15 is 0 Å². The first-order valence-electron chi connectivity index (χ1n) is 9.90. The molecule has 1 fully saturated rings. The Labute approximate surface area is 185 Å². The van der Waals surface area contributed by atoms with Crippen LogP contribution in [-0.2, 0) is 6.18 Å². The van der Waals surface area contributed by atoms with Gasteiger partial charge in [0, 0.05) is 44.5 Å². The monoisotopic (exact) mass is 461 g/mol. The number of carbonyl (C=O) groups is 1. The highest BCUT2D eigenvalue weighted by molar-refractivity contribution is 5.93. The summed E-state index contributed by atoms with van der Waals surface area (Å²) < 4.78 is 39.5. The van der Waals surface area contributed by atoms with Gasteiger partial charge in [0.15, 0.2) is 5.69 Å². The first kappa shape index (κ1) is 22.2. The number of aromatic nitrogens is 4. The molecule has 172 valence electrons. The highest BCUT2D eigenvalue weighted by Gasteiger charge is 2.31. The number of benzene rings is 1. The number of nitro groups is 1. The molecule has 0 aliphatic carbocycles. The molecule has 2 aromatic heterocycles. The normalized spacial score (nSPS) is 14.4. The number of amides is 1. The van der Waals surface area contributed by atoms with Crippen LogP contribution in [0.25, 0.3) is 5.69 Å². The number of hydrogen-bond acceptors (Lipinski definition) is 7. The van der Waals surface area contributed by atoms with Crippen molar-refractivity contribution in [2.24, 2.45) is 0 Å². The van der Waals surface area contributed by atoms with Crippen molar-refractivity contribution in [3.8, 4) is 5.69 Å². The number of piperazine rings is 1. The Morgan fingerprint density at radius 1 is 1.12 bits per heavy atom. The molecule has 1 amide bonds. The first-order chi connectivity index (χ1) is 15.6. The standard InChI is InChI=1S/C20H18F3N7O3/c1-13-18(25-26-29(13)15-3-2-4-16(11-15)30(32)33)19(31)28-9-7-27(8-10-28)17-6-5-14(12-24-17)20(21,22)23/h2-6,11-12H,7-10H2,1H3. The molecule has 3 aromatic rings. The maximum Gasteiger partial charge on any atom is 0.417 e. The Morgan fingerprint density at radius 3 is 2.45 bits per heavy atom. The number of carbonyl (C=O) groups excluding carboxylic acids is 1. The molecule has 0 saturated carbocycles. The number of alkyl halides is 3. The molecule has 0 N–H and O–H groups in total. The second-order valence-electron chi connectivity index (χ2n) is 7.39. The van der Waals surface area contributed by atoms with E-state index in [1.807, 2.05) is 0 Å². The molecule has 1 saturated heterocycles. The van der Waals surface area contributed by atoms with Crippen LogP contribution in [0.3, 0.4) is 0 Å². The van der Waals surface area contributed by atoms with Crippen molar-refractivity contribution in [2.45, 2.75) is 13.1 Å². The van der Waals surface area contributed by atoms with E-state index < -0.39 is 16.7 Å². The molecule has 0 atom stereocenters. The minimum atomic E-state index is -4.45. The lowest BCUT2D eigenvalue weighted by Gasteiger charge is -2.35. The second kappa shape index (κ2) is 8.48. The summed E-state index contributed by atoms with van der Waals surface area (Å²) >= 11 is 0. The fourth-order valence-electron chi connectivity index (χ4n) is 3.54. The van der Waals surface area contributed by atoms with Gasteiger partial charge in [0.1, 0.15) is 5.82 Å². The lowest BCUT2D eigenvalue weighted by atomic mass is 10.2. The fourth-order valence-corrected chi connectivity index (χ4v) is 3.54. The third-order valence-corrected chi connectivity index (χ3v) is 5.35. The van der Waals surface area contributed by atoms with E-state index in [1.165, 1.54) is 28.9 Å². The zero-order valence-electron chi connectivity index (χ0n) is 17.4. The lowest BCUT2D eigenvalue weighted by Crippen LogP contribution is -2.49. The van der Waals surface area contributed by atoms with Crippen molar-refractivity contribution in [3.05, 3.63) is 69.7 Å².